The Kier molecular flexibility index (Phi) is 5.98. The molecule has 1 amide bonds. The minimum absolute atomic E-state index is 0.0995. The number of nitrogens with zero attached hydrogens (tertiary/aromatic N) is 2. The van der Waals surface area contributed by atoms with Crippen LogP contribution in [0.15, 0.2) is 16.7 Å². The van der Waals surface area contributed by atoms with Gasteiger partial charge in [-0.1, -0.05) is 30.6 Å². The minimum Gasteiger partial charge on any atom is -0.489 e. The Bertz CT molecular complexity index is 776. The molecule has 1 N–H and O–H groups in total. The predicted molar refractivity (Wildman–Crippen MR) is 95.6 cm³/mol. The van der Waals surface area contributed by atoms with E-state index in [1.54, 1.807) is 6.07 Å². The number of rotatable bonds is 6. The molecule has 140 valence electrons. The van der Waals surface area contributed by atoms with E-state index >= 15 is 0 Å². The maximum atomic E-state index is 12.1. The van der Waals surface area contributed by atoms with Gasteiger partial charge in [0.25, 0.3) is 0 Å². The highest BCUT2D eigenvalue weighted by molar-refractivity contribution is 6.32. The van der Waals surface area contributed by atoms with Gasteiger partial charge in [0, 0.05) is 31.7 Å². The zero-order valence-corrected chi connectivity index (χ0v) is 15.6. The summed E-state index contributed by atoms with van der Waals surface area (Å²) in [5.41, 5.74) is 0.854. The molecule has 3 rings (SSSR count). The molecule has 26 heavy (non-hydrogen) atoms. The number of amides is 1. The first-order valence-electron chi connectivity index (χ1n) is 8.70. The van der Waals surface area contributed by atoms with Crippen molar-refractivity contribution >= 4 is 17.5 Å². The summed E-state index contributed by atoms with van der Waals surface area (Å²) in [6, 6.07) is 3.63. The second-order valence-corrected chi connectivity index (χ2v) is 6.84. The van der Waals surface area contributed by atoms with Gasteiger partial charge in [-0.25, -0.2) is 0 Å². The first kappa shape index (κ1) is 18.5. The van der Waals surface area contributed by atoms with Crippen LogP contribution in [0, 0.1) is 0 Å². The fraction of sp³-hybridized carbons (Fsp3) is 0.500. The van der Waals surface area contributed by atoms with E-state index in [9.17, 15) is 4.79 Å². The third-order valence-electron chi connectivity index (χ3n) is 3.92. The minimum atomic E-state index is -0.0995. The van der Waals surface area contributed by atoms with Gasteiger partial charge in [-0.2, -0.15) is 4.98 Å². The molecule has 1 aromatic heterocycles. The number of aryl methyl sites for hydroxylation is 1. The van der Waals surface area contributed by atoms with Crippen LogP contribution in [0.3, 0.4) is 0 Å². The third-order valence-corrected chi connectivity index (χ3v) is 4.20. The van der Waals surface area contributed by atoms with Crippen molar-refractivity contribution in [2.75, 3.05) is 13.2 Å². The number of fused-ring (bicyclic) bond motifs is 1. The first-order valence-corrected chi connectivity index (χ1v) is 9.08. The molecule has 0 atom stereocenters. The second kappa shape index (κ2) is 8.40. The highest BCUT2D eigenvalue weighted by Gasteiger charge is 2.16. The van der Waals surface area contributed by atoms with Crippen molar-refractivity contribution < 1.29 is 18.8 Å². The number of hydrogen-bond acceptors (Lipinski definition) is 6. The third kappa shape index (κ3) is 4.66. The summed E-state index contributed by atoms with van der Waals surface area (Å²) in [5.74, 6) is 2.41. The maximum absolute atomic E-state index is 12.1. The number of carbonyl (C=O) groups excluding carboxylic acids is 1. The highest BCUT2D eigenvalue weighted by Crippen LogP contribution is 2.37. The van der Waals surface area contributed by atoms with E-state index in [0.29, 0.717) is 54.4 Å². The van der Waals surface area contributed by atoms with Crippen molar-refractivity contribution in [3.63, 3.8) is 0 Å². The Morgan fingerprint density at radius 3 is 2.88 bits per heavy atom. The van der Waals surface area contributed by atoms with Crippen LogP contribution in [-0.4, -0.2) is 29.3 Å². The van der Waals surface area contributed by atoms with Crippen LogP contribution in [-0.2, 0) is 17.8 Å². The Morgan fingerprint density at radius 1 is 1.31 bits per heavy atom. The van der Waals surface area contributed by atoms with E-state index < -0.39 is 0 Å². The molecule has 1 aliphatic rings. The predicted octanol–water partition coefficient (Wildman–Crippen LogP) is 3.26. The molecule has 0 aliphatic carbocycles. The normalized spacial score (nSPS) is 13.5. The summed E-state index contributed by atoms with van der Waals surface area (Å²) in [4.78, 5) is 16.3. The van der Waals surface area contributed by atoms with Gasteiger partial charge >= 0.3 is 0 Å². The summed E-state index contributed by atoms with van der Waals surface area (Å²) < 4.78 is 16.4. The molecule has 1 aliphatic heterocycles. The second-order valence-electron chi connectivity index (χ2n) is 6.43. The number of halogens is 1. The topological polar surface area (TPSA) is 86.5 Å². The molecule has 0 bridgehead atoms. The fourth-order valence-corrected chi connectivity index (χ4v) is 2.79. The molecule has 0 saturated carbocycles. The van der Waals surface area contributed by atoms with E-state index in [4.69, 9.17) is 25.6 Å². The standard InChI is InChI=1S/C18H22ClN3O4/c1-11(2)18-21-16(26-22-18)5-4-15(23)20-10-12-8-13(19)17-14(9-12)24-6-3-7-25-17/h8-9,11H,3-7,10H2,1-2H3,(H,20,23). The quantitative estimate of drug-likeness (QED) is 0.829. The monoisotopic (exact) mass is 379 g/mol. The van der Waals surface area contributed by atoms with Gasteiger partial charge < -0.3 is 19.3 Å². The summed E-state index contributed by atoms with van der Waals surface area (Å²) in [6.07, 6.45) is 1.50. The summed E-state index contributed by atoms with van der Waals surface area (Å²) >= 11 is 6.26. The van der Waals surface area contributed by atoms with Crippen LogP contribution in [0.1, 0.15) is 49.9 Å². The van der Waals surface area contributed by atoms with Crippen LogP contribution in [0.2, 0.25) is 5.02 Å². The SMILES string of the molecule is CC(C)c1noc(CCC(=O)NCc2cc(Cl)c3c(c2)OCCCO3)n1. The largest absolute Gasteiger partial charge is 0.489 e. The Balaban J connectivity index is 1.52. The van der Waals surface area contributed by atoms with Crippen molar-refractivity contribution in [2.45, 2.75) is 45.6 Å². The lowest BCUT2D eigenvalue weighted by Crippen LogP contribution is -2.23. The van der Waals surface area contributed by atoms with Crippen LogP contribution >= 0.6 is 11.6 Å². The molecule has 7 nitrogen and oxygen atoms in total. The Labute approximate surface area is 157 Å². The van der Waals surface area contributed by atoms with E-state index in [1.165, 1.54) is 0 Å². The molecule has 2 heterocycles. The van der Waals surface area contributed by atoms with E-state index in [-0.39, 0.29) is 18.2 Å². The van der Waals surface area contributed by atoms with Crippen LogP contribution in [0.25, 0.3) is 0 Å². The number of aromatic nitrogens is 2. The van der Waals surface area contributed by atoms with Gasteiger partial charge in [0.15, 0.2) is 17.3 Å². The van der Waals surface area contributed by atoms with Gasteiger partial charge in [0.05, 0.1) is 18.2 Å². The average Bonchev–Trinajstić information content (AvgIpc) is 2.96. The molecule has 2 aromatic rings. The van der Waals surface area contributed by atoms with Crippen molar-refractivity contribution in [1.29, 1.82) is 0 Å². The Morgan fingerprint density at radius 2 is 2.12 bits per heavy atom. The molecule has 0 fully saturated rings. The van der Waals surface area contributed by atoms with Gasteiger partial charge in [0.1, 0.15) is 0 Å². The lowest BCUT2D eigenvalue weighted by Gasteiger charge is -2.12. The van der Waals surface area contributed by atoms with Gasteiger partial charge in [0.2, 0.25) is 11.8 Å². The molecule has 1 aromatic carbocycles. The first-order chi connectivity index (χ1) is 12.5. The maximum Gasteiger partial charge on any atom is 0.227 e. The number of hydrogen-bond donors (Lipinski definition) is 1. The summed E-state index contributed by atoms with van der Waals surface area (Å²) in [7, 11) is 0. The molecule has 0 radical (unpaired) electrons. The van der Waals surface area contributed by atoms with E-state index in [0.717, 1.165) is 12.0 Å². The van der Waals surface area contributed by atoms with Crippen LogP contribution < -0.4 is 14.8 Å². The average molecular weight is 380 g/mol. The summed E-state index contributed by atoms with van der Waals surface area (Å²) in [5, 5.41) is 7.24. The Hall–Kier alpha value is -2.28. The van der Waals surface area contributed by atoms with Gasteiger partial charge in [-0.05, 0) is 17.7 Å². The lowest BCUT2D eigenvalue weighted by molar-refractivity contribution is -0.121. The molecular weight excluding hydrogens is 358 g/mol. The van der Waals surface area contributed by atoms with Crippen LogP contribution in [0.5, 0.6) is 11.5 Å². The molecular formula is C18H22ClN3O4. The molecule has 8 heteroatoms. The molecule has 0 saturated heterocycles. The zero-order valence-electron chi connectivity index (χ0n) is 14.9. The molecule has 0 unspecified atom stereocenters. The van der Waals surface area contributed by atoms with Crippen LogP contribution in [0.4, 0.5) is 0 Å². The van der Waals surface area contributed by atoms with E-state index in [1.807, 2.05) is 19.9 Å². The summed E-state index contributed by atoms with van der Waals surface area (Å²) in [6.45, 7) is 5.50. The van der Waals surface area contributed by atoms with E-state index in [2.05, 4.69) is 15.5 Å². The van der Waals surface area contributed by atoms with Crippen molar-refractivity contribution in [1.82, 2.24) is 15.5 Å². The molecule has 0 spiro atoms. The van der Waals surface area contributed by atoms with Gasteiger partial charge in [-0.3, -0.25) is 4.79 Å². The number of carbonyl (C=O) groups is 1. The number of benzene rings is 1. The van der Waals surface area contributed by atoms with Crippen molar-refractivity contribution in [3.8, 4) is 11.5 Å². The number of ether oxygens (including phenoxy) is 2. The lowest BCUT2D eigenvalue weighted by atomic mass is 10.2. The number of nitrogens with one attached hydrogen (secondary N) is 1. The highest BCUT2D eigenvalue weighted by atomic mass is 35.5. The smallest absolute Gasteiger partial charge is 0.227 e. The van der Waals surface area contributed by atoms with Gasteiger partial charge in [-0.15, -0.1) is 0 Å². The fourth-order valence-electron chi connectivity index (χ4n) is 2.50. The zero-order chi connectivity index (χ0) is 18.5. The van der Waals surface area contributed by atoms with Crippen molar-refractivity contribution in [2.24, 2.45) is 0 Å². The van der Waals surface area contributed by atoms with Crippen molar-refractivity contribution in [3.05, 3.63) is 34.4 Å².